The van der Waals surface area contributed by atoms with Crippen molar-refractivity contribution in [2.75, 3.05) is 0 Å². The smallest absolute Gasteiger partial charge is 0.312 e. The third-order valence-corrected chi connectivity index (χ3v) is 5.39. The van der Waals surface area contributed by atoms with Gasteiger partial charge in [0.2, 0.25) is 0 Å². The van der Waals surface area contributed by atoms with Gasteiger partial charge in [-0.25, -0.2) is 0 Å². The molecule has 0 radical (unpaired) electrons. The summed E-state index contributed by atoms with van der Waals surface area (Å²) in [6.45, 7) is 12.7. The predicted molar refractivity (Wildman–Crippen MR) is 73.2 cm³/mol. The molecule has 2 nitrogen and oxygen atoms in total. The van der Waals surface area contributed by atoms with E-state index in [1.165, 1.54) is 12.8 Å². The Hall–Kier alpha value is -0.530. The fourth-order valence-corrected chi connectivity index (χ4v) is 3.38. The van der Waals surface area contributed by atoms with Gasteiger partial charge in [0.05, 0.1) is 5.41 Å². The van der Waals surface area contributed by atoms with E-state index >= 15 is 0 Å². The maximum atomic E-state index is 12.4. The summed E-state index contributed by atoms with van der Waals surface area (Å²) in [6.07, 6.45) is 4.39. The molecule has 0 spiro atoms. The van der Waals surface area contributed by atoms with Crippen LogP contribution in [0.3, 0.4) is 0 Å². The van der Waals surface area contributed by atoms with E-state index in [0.717, 1.165) is 18.8 Å². The van der Waals surface area contributed by atoms with Gasteiger partial charge in [0.25, 0.3) is 0 Å². The zero-order chi connectivity index (χ0) is 13.8. The van der Waals surface area contributed by atoms with E-state index in [-0.39, 0.29) is 22.4 Å². The second-order valence-electron chi connectivity index (χ2n) is 7.91. The van der Waals surface area contributed by atoms with Gasteiger partial charge in [0.1, 0.15) is 5.60 Å². The van der Waals surface area contributed by atoms with Crippen LogP contribution in [0, 0.1) is 22.7 Å². The summed E-state index contributed by atoms with van der Waals surface area (Å²) in [7, 11) is 0. The highest BCUT2D eigenvalue weighted by Crippen LogP contribution is 2.64. The number of carbonyl (C=O) groups is 1. The summed E-state index contributed by atoms with van der Waals surface area (Å²) in [5.41, 5.74) is -0.519. The molecule has 0 N–H and O–H groups in total. The molecule has 2 saturated carbocycles. The number of fused-ring (bicyclic) bond motifs is 1. The molecule has 0 heterocycles. The van der Waals surface area contributed by atoms with Crippen molar-refractivity contribution in [1.82, 2.24) is 0 Å². The summed E-state index contributed by atoms with van der Waals surface area (Å²) in [6, 6.07) is 0. The molecule has 3 atom stereocenters. The monoisotopic (exact) mass is 252 g/mol. The van der Waals surface area contributed by atoms with Crippen LogP contribution in [-0.2, 0) is 9.53 Å². The van der Waals surface area contributed by atoms with Crippen LogP contribution >= 0.6 is 0 Å². The molecule has 0 amide bonds. The topological polar surface area (TPSA) is 26.3 Å². The van der Waals surface area contributed by atoms with Crippen LogP contribution in [0.15, 0.2) is 0 Å². The number of hydrogen-bond donors (Lipinski definition) is 0. The molecular formula is C16H28O2. The first-order valence-electron chi connectivity index (χ1n) is 7.37. The van der Waals surface area contributed by atoms with Crippen LogP contribution < -0.4 is 0 Å². The molecule has 104 valence electrons. The van der Waals surface area contributed by atoms with E-state index in [1.54, 1.807) is 0 Å². The van der Waals surface area contributed by atoms with Gasteiger partial charge in [-0.05, 0) is 45.4 Å². The summed E-state index contributed by atoms with van der Waals surface area (Å²) in [4.78, 5) is 12.4. The molecule has 2 aliphatic rings. The molecule has 18 heavy (non-hydrogen) atoms. The Morgan fingerprint density at radius 3 is 2.22 bits per heavy atom. The number of ether oxygens (including phenoxy) is 1. The molecule has 0 saturated heterocycles. The van der Waals surface area contributed by atoms with Crippen LogP contribution in [0.5, 0.6) is 0 Å². The Labute approximate surface area is 111 Å². The summed E-state index contributed by atoms with van der Waals surface area (Å²) in [5.74, 6) is 1.43. The molecule has 2 rings (SSSR count). The lowest BCUT2D eigenvalue weighted by atomic mass is 9.72. The van der Waals surface area contributed by atoms with E-state index in [9.17, 15) is 4.79 Å². The summed E-state index contributed by atoms with van der Waals surface area (Å²) in [5, 5.41) is 0. The van der Waals surface area contributed by atoms with Crippen molar-refractivity contribution in [3.05, 3.63) is 0 Å². The van der Waals surface area contributed by atoms with Crippen molar-refractivity contribution in [2.45, 2.75) is 72.8 Å². The maximum Gasteiger partial charge on any atom is 0.312 e. The first kappa shape index (κ1) is 13.9. The Morgan fingerprint density at radius 2 is 1.89 bits per heavy atom. The van der Waals surface area contributed by atoms with E-state index in [4.69, 9.17) is 4.74 Å². The molecule has 2 heteroatoms. The lowest BCUT2D eigenvalue weighted by Gasteiger charge is -2.44. The first-order chi connectivity index (χ1) is 8.14. The zero-order valence-electron chi connectivity index (χ0n) is 12.8. The summed E-state index contributed by atoms with van der Waals surface area (Å²) >= 11 is 0. The standard InChI is InChI=1S/C16H28O2/c1-7-15(5,6)13(17)18-16(14(2,3)4)9-8-11-10-12(11)16/h11-12H,7-10H2,1-6H3. The van der Waals surface area contributed by atoms with Gasteiger partial charge < -0.3 is 4.74 Å². The predicted octanol–water partition coefficient (Wildman–Crippen LogP) is 4.18. The Bertz CT molecular complexity index is 351. The van der Waals surface area contributed by atoms with Crippen LogP contribution in [0.2, 0.25) is 0 Å². The number of esters is 1. The maximum absolute atomic E-state index is 12.4. The van der Waals surface area contributed by atoms with Gasteiger partial charge in [-0.3, -0.25) is 4.79 Å². The highest BCUT2D eigenvalue weighted by Gasteiger charge is 2.65. The summed E-state index contributed by atoms with van der Waals surface area (Å²) < 4.78 is 6.13. The normalized spacial score (nSPS) is 35.2. The van der Waals surface area contributed by atoms with Gasteiger partial charge >= 0.3 is 5.97 Å². The molecule has 0 aromatic rings. The van der Waals surface area contributed by atoms with Gasteiger partial charge in [-0.2, -0.15) is 0 Å². The SMILES string of the molecule is CCC(C)(C)C(=O)OC1(C(C)(C)C)CCC2CC21. The van der Waals surface area contributed by atoms with Gasteiger partial charge in [0.15, 0.2) is 0 Å². The van der Waals surface area contributed by atoms with E-state index in [2.05, 4.69) is 27.7 Å². The van der Waals surface area contributed by atoms with Crippen LogP contribution in [-0.4, -0.2) is 11.6 Å². The fraction of sp³-hybridized carbons (Fsp3) is 0.938. The lowest BCUT2D eigenvalue weighted by molar-refractivity contribution is -0.187. The molecule has 0 aromatic heterocycles. The fourth-order valence-electron chi connectivity index (χ4n) is 3.38. The van der Waals surface area contributed by atoms with Crippen molar-refractivity contribution < 1.29 is 9.53 Å². The molecular weight excluding hydrogens is 224 g/mol. The van der Waals surface area contributed by atoms with Gasteiger partial charge in [0, 0.05) is 11.3 Å². The number of rotatable bonds is 3. The Kier molecular flexibility index (Phi) is 3.07. The third-order valence-electron chi connectivity index (χ3n) is 5.39. The Morgan fingerprint density at radius 1 is 1.28 bits per heavy atom. The van der Waals surface area contributed by atoms with Crippen LogP contribution in [0.25, 0.3) is 0 Å². The molecule has 2 aliphatic carbocycles. The highest BCUT2D eigenvalue weighted by atomic mass is 16.6. The molecule has 2 fully saturated rings. The molecule has 0 aromatic carbocycles. The second kappa shape index (κ2) is 3.98. The van der Waals surface area contributed by atoms with Crippen LogP contribution in [0.4, 0.5) is 0 Å². The van der Waals surface area contributed by atoms with Crippen molar-refractivity contribution in [3.63, 3.8) is 0 Å². The first-order valence-corrected chi connectivity index (χ1v) is 7.37. The van der Waals surface area contributed by atoms with Gasteiger partial charge in [-0.1, -0.05) is 27.7 Å². The minimum atomic E-state index is -0.356. The third kappa shape index (κ3) is 1.98. The van der Waals surface area contributed by atoms with Gasteiger partial charge in [-0.15, -0.1) is 0 Å². The zero-order valence-corrected chi connectivity index (χ0v) is 12.8. The van der Waals surface area contributed by atoms with Crippen molar-refractivity contribution >= 4 is 5.97 Å². The molecule has 3 unspecified atom stereocenters. The van der Waals surface area contributed by atoms with Crippen LogP contribution in [0.1, 0.15) is 67.2 Å². The average molecular weight is 252 g/mol. The highest BCUT2D eigenvalue weighted by molar-refractivity contribution is 5.76. The minimum absolute atomic E-state index is 0.00697. The number of carbonyl (C=O) groups excluding carboxylic acids is 1. The number of hydrogen-bond acceptors (Lipinski definition) is 2. The van der Waals surface area contributed by atoms with Crippen molar-refractivity contribution in [2.24, 2.45) is 22.7 Å². The lowest BCUT2D eigenvalue weighted by Crippen LogP contribution is -2.49. The molecule has 0 bridgehead atoms. The van der Waals surface area contributed by atoms with Crippen molar-refractivity contribution in [1.29, 1.82) is 0 Å². The molecule has 0 aliphatic heterocycles. The second-order valence-corrected chi connectivity index (χ2v) is 7.91. The Balaban J connectivity index is 2.21. The van der Waals surface area contributed by atoms with Crippen molar-refractivity contribution in [3.8, 4) is 0 Å². The average Bonchev–Trinajstić information content (AvgIpc) is 2.95. The minimum Gasteiger partial charge on any atom is -0.458 e. The van der Waals surface area contributed by atoms with E-state index in [0.29, 0.717) is 5.92 Å². The quantitative estimate of drug-likeness (QED) is 0.704. The van der Waals surface area contributed by atoms with E-state index < -0.39 is 0 Å². The van der Waals surface area contributed by atoms with E-state index in [1.807, 2.05) is 13.8 Å². The largest absolute Gasteiger partial charge is 0.458 e.